The number of nitrogens with zero attached hydrogens (tertiary/aromatic N) is 1. The van der Waals surface area contributed by atoms with Gasteiger partial charge in [-0.25, -0.2) is 4.79 Å². The Morgan fingerprint density at radius 2 is 1.62 bits per heavy atom. The molecule has 0 saturated carbocycles. The molecular weight excluding hydrogens is 338 g/mol. The number of carbonyl (C=O) groups excluding carboxylic acids is 1. The fourth-order valence-corrected chi connectivity index (χ4v) is 5.85. The molecule has 2 aromatic carbocycles. The van der Waals surface area contributed by atoms with E-state index in [9.17, 15) is 4.79 Å². The molecule has 0 spiro atoms. The zero-order valence-electron chi connectivity index (χ0n) is 16.2. The van der Waals surface area contributed by atoms with E-state index >= 15 is 0 Å². The van der Waals surface area contributed by atoms with Gasteiger partial charge >= 0.3 is 6.09 Å². The predicted octanol–water partition coefficient (Wildman–Crippen LogP) is 5.12. The van der Waals surface area contributed by atoms with Crippen LogP contribution in [0.5, 0.6) is 0 Å². The molecule has 0 amide bonds. The van der Waals surface area contributed by atoms with Crippen LogP contribution in [0.15, 0.2) is 60.8 Å². The average Bonchev–Trinajstić information content (AvgIpc) is 2.93. The number of hydrogen-bond donors (Lipinski definition) is 0. The first-order valence-electron chi connectivity index (χ1n) is 9.05. The summed E-state index contributed by atoms with van der Waals surface area (Å²) in [6.45, 7) is 10.4. The van der Waals surface area contributed by atoms with Gasteiger partial charge in [0.1, 0.15) is 5.60 Å². The lowest BCUT2D eigenvalue weighted by atomic mass is 10.2. The number of hydrogen-bond acceptors (Lipinski definition) is 2. The number of rotatable bonds is 3. The Bertz CT molecular complexity index is 920. The quantitative estimate of drug-likeness (QED) is 0.603. The summed E-state index contributed by atoms with van der Waals surface area (Å²) in [6, 6.07) is 19.8. The first-order chi connectivity index (χ1) is 12.2. The molecule has 0 N–H and O–H groups in total. The number of aromatic nitrogens is 1. The highest BCUT2D eigenvalue weighted by Gasteiger charge is 2.27. The van der Waals surface area contributed by atoms with Crippen LogP contribution in [0, 0.1) is 0 Å². The number of fused-ring (bicyclic) bond motifs is 1. The van der Waals surface area contributed by atoms with E-state index in [1.165, 1.54) is 10.8 Å². The summed E-state index contributed by atoms with van der Waals surface area (Å²) in [5, 5.41) is 2.56. The van der Waals surface area contributed by atoms with E-state index in [0.717, 1.165) is 16.9 Å². The van der Waals surface area contributed by atoms with Crippen molar-refractivity contribution in [3.63, 3.8) is 0 Å². The maximum atomic E-state index is 12.7. The van der Waals surface area contributed by atoms with Crippen LogP contribution in [0.2, 0.25) is 13.1 Å². The normalized spacial score (nSPS) is 12.3. The molecule has 0 aliphatic heterocycles. The number of para-hydroxylation sites is 1. The van der Waals surface area contributed by atoms with Gasteiger partial charge in [-0.3, -0.25) is 4.57 Å². The summed E-state index contributed by atoms with van der Waals surface area (Å²) in [6.07, 6.45) is 1.65. The topological polar surface area (TPSA) is 31.2 Å². The van der Waals surface area contributed by atoms with Crippen molar-refractivity contribution in [3.8, 4) is 0 Å². The SMILES string of the molecule is CC(C)(C)OC(=O)n1cc(C[Si](C)(C)c2ccccc2)c2ccccc21. The molecule has 3 aromatic rings. The second-order valence-electron chi connectivity index (χ2n) is 8.45. The molecular formula is C22H27NO2Si. The Morgan fingerprint density at radius 3 is 2.27 bits per heavy atom. The zero-order valence-corrected chi connectivity index (χ0v) is 17.2. The smallest absolute Gasteiger partial charge is 0.418 e. The van der Waals surface area contributed by atoms with E-state index in [1.807, 2.05) is 45.2 Å². The number of benzene rings is 2. The molecule has 0 atom stereocenters. The summed E-state index contributed by atoms with van der Waals surface area (Å²) in [4.78, 5) is 12.7. The Hall–Kier alpha value is -2.33. The predicted molar refractivity (Wildman–Crippen MR) is 111 cm³/mol. The van der Waals surface area contributed by atoms with Crippen LogP contribution in [-0.4, -0.2) is 24.3 Å². The lowest BCUT2D eigenvalue weighted by Crippen LogP contribution is -2.43. The van der Waals surface area contributed by atoms with Crippen molar-refractivity contribution in [1.82, 2.24) is 4.57 Å². The molecule has 26 heavy (non-hydrogen) atoms. The minimum atomic E-state index is -1.67. The van der Waals surface area contributed by atoms with Crippen LogP contribution in [0.3, 0.4) is 0 Å². The third kappa shape index (κ3) is 3.91. The first-order valence-corrected chi connectivity index (χ1v) is 12.3. The van der Waals surface area contributed by atoms with E-state index in [1.54, 1.807) is 4.57 Å². The maximum Gasteiger partial charge on any atom is 0.418 e. The van der Waals surface area contributed by atoms with Gasteiger partial charge < -0.3 is 4.74 Å². The Morgan fingerprint density at radius 1 is 1.00 bits per heavy atom. The molecule has 0 radical (unpaired) electrons. The van der Waals surface area contributed by atoms with Gasteiger partial charge in [-0.15, -0.1) is 0 Å². The molecule has 0 bridgehead atoms. The van der Waals surface area contributed by atoms with Crippen LogP contribution < -0.4 is 5.19 Å². The van der Waals surface area contributed by atoms with Crippen molar-refractivity contribution >= 4 is 30.3 Å². The largest absolute Gasteiger partial charge is 0.443 e. The number of ether oxygens (including phenoxy) is 1. The second kappa shape index (κ2) is 6.76. The lowest BCUT2D eigenvalue weighted by Gasteiger charge is -2.22. The van der Waals surface area contributed by atoms with Crippen molar-refractivity contribution in [2.24, 2.45) is 0 Å². The van der Waals surface area contributed by atoms with E-state index in [0.29, 0.717) is 0 Å². The summed E-state index contributed by atoms with van der Waals surface area (Å²) >= 11 is 0. The van der Waals surface area contributed by atoms with Gasteiger partial charge in [-0.2, -0.15) is 0 Å². The minimum Gasteiger partial charge on any atom is -0.443 e. The van der Waals surface area contributed by atoms with Crippen LogP contribution >= 0.6 is 0 Å². The van der Waals surface area contributed by atoms with Gasteiger partial charge in [0.15, 0.2) is 0 Å². The molecule has 0 aliphatic carbocycles. The molecule has 1 heterocycles. The fourth-order valence-electron chi connectivity index (χ4n) is 3.32. The molecule has 0 fully saturated rings. The third-order valence-electron chi connectivity index (χ3n) is 4.57. The molecule has 4 heteroatoms. The summed E-state index contributed by atoms with van der Waals surface area (Å²) < 4.78 is 7.25. The van der Waals surface area contributed by atoms with E-state index in [4.69, 9.17) is 4.74 Å². The highest BCUT2D eigenvalue weighted by molar-refractivity contribution is 6.89. The second-order valence-corrected chi connectivity index (χ2v) is 13.1. The van der Waals surface area contributed by atoms with Crippen molar-refractivity contribution in [1.29, 1.82) is 0 Å². The van der Waals surface area contributed by atoms with Gasteiger partial charge in [0.25, 0.3) is 0 Å². The highest BCUT2D eigenvalue weighted by Crippen LogP contribution is 2.25. The van der Waals surface area contributed by atoms with E-state index in [-0.39, 0.29) is 6.09 Å². The van der Waals surface area contributed by atoms with Crippen LogP contribution in [0.1, 0.15) is 26.3 Å². The summed E-state index contributed by atoms with van der Waals surface area (Å²) in [5.74, 6) is 0. The Balaban J connectivity index is 2.01. The van der Waals surface area contributed by atoms with Gasteiger partial charge in [-0.1, -0.05) is 66.8 Å². The fraction of sp³-hybridized carbons (Fsp3) is 0.318. The lowest BCUT2D eigenvalue weighted by molar-refractivity contribution is 0.0544. The average molecular weight is 366 g/mol. The summed E-state index contributed by atoms with van der Waals surface area (Å²) in [7, 11) is -1.67. The van der Waals surface area contributed by atoms with Crippen molar-refractivity contribution in [2.75, 3.05) is 0 Å². The number of carbonyl (C=O) groups is 1. The standard InChI is InChI=1S/C22H27NO2Si/c1-22(2,3)25-21(24)23-15-17(19-13-9-10-14-20(19)23)16-26(4,5)18-11-7-6-8-12-18/h6-15H,16H2,1-5H3. The van der Waals surface area contributed by atoms with Gasteiger partial charge in [-0.05, 0) is 38.4 Å². The molecule has 3 rings (SSSR count). The van der Waals surface area contributed by atoms with Crippen LogP contribution in [-0.2, 0) is 10.8 Å². The molecule has 1 aromatic heterocycles. The minimum absolute atomic E-state index is 0.320. The maximum absolute atomic E-state index is 12.7. The highest BCUT2D eigenvalue weighted by atomic mass is 28.3. The van der Waals surface area contributed by atoms with Crippen LogP contribution in [0.4, 0.5) is 4.79 Å². The van der Waals surface area contributed by atoms with Crippen molar-refractivity contribution in [2.45, 2.75) is 45.5 Å². The third-order valence-corrected chi connectivity index (χ3v) is 7.73. The van der Waals surface area contributed by atoms with Crippen LogP contribution in [0.25, 0.3) is 10.9 Å². The first kappa shape index (κ1) is 18.5. The van der Waals surface area contributed by atoms with Gasteiger partial charge in [0.05, 0.1) is 13.6 Å². The van der Waals surface area contributed by atoms with Crippen molar-refractivity contribution < 1.29 is 9.53 Å². The molecule has 0 unspecified atom stereocenters. The van der Waals surface area contributed by atoms with Crippen molar-refractivity contribution in [3.05, 3.63) is 66.4 Å². The van der Waals surface area contributed by atoms with Gasteiger partial charge in [0.2, 0.25) is 0 Å². The Kier molecular flexibility index (Phi) is 4.80. The van der Waals surface area contributed by atoms with E-state index in [2.05, 4.69) is 49.5 Å². The zero-order chi connectivity index (χ0) is 18.9. The molecule has 0 aliphatic rings. The summed E-state index contributed by atoms with van der Waals surface area (Å²) in [5.41, 5.74) is 1.61. The van der Waals surface area contributed by atoms with E-state index < -0.39 is 13.7 Å². The Labute approximate surface area is 156 Å². The van der Waals surface area contributed by atoms with Gasteiger partial charge in [0, 0.05) is 11.6 Å². The molecule has 3 nitrogen and oxygen atoms in total. The molecule has 0 saturated heterocycles. The monoisotopic (exact) mass is 365 g/mol. The molecule has 136 valence electrons.